The minimum atomic E-state index is -1.09. The van der Waals surface area contributed by atoms with Gasteiger partial charge in [0.15, 0.2) is 0 Å². The van der Waals surface area contributed by atoms with Crippen molar-refractivity contribution in [3.63, 3.8) is 0 Å². The number of amides is 2. The van der Waals surface area contributed by atoms with Crippen LogP contribution in [0.1, 0.15) is 113 Å². The van der Waals surface area contributed by atoms with Gasteiger partial charge < -0.3 is 44.0 Å². The molecule has 450 valence electrons. The number of nitrogens with zero attached hydrogens (tertiary/aromatic N) is 12. The number of aliphatic hydroxyl groups excluding tert-OH is 1. The summed E-state index contributed by atoms with van der Waals surface area (Å²) in [6, 6.07) is 12.0. The zero-order valence-electron chi connectivity index (χ0n) is 48.5. The number of aromatic nitrogens is 10. The second-order valence-corrected chi connectivity index (χ2v) is 22.4. The molecule has 0 aromatic carbocycles. The number of pyridine rings is 4. The average Bonchev–Trinajstić information content (AvgIpc) is 1.72. The van der Waals surface area contributed by atoms with Crippen LogP contribution in [0.25, 0.3) is 43.9 Å². The lowest BCUT2D eigenvalue weighted by molar-refractivity contribution is -0.158. The molecule has 2 saturated carbocycles. The predicted molar refractivity (Wildman–Crippen MR) is 319 cm³/mol. The number of nitrogens with one attached hydrogen (secondary N) is 2. The zero-order valence-corrected chi connectivity index (χ0v) is 49.3. The van der Waals surface area contributed by atoms with Crippen molar-refractivity contribution in [1.82, 2.24) is 59.2 Å². The topological polar surface area (TPSA) is 294 Å². The first-order valence-electron chi connectivity index (χ1n) is 29.1. The second kappa shape index (κ2) is 27.7. The number of rotatable bonds is 9. The summed E-state index contributed by atoms with van der Waals surface area (Å²) in [4.78, 5) is 109. The van der Waals surface area contributed by atoms with Gasteiger partial charge >= 0.3 is 29.0 Å². The van der Waals surface area contributed by atoms with E-state index in [0.29, 0.717) is 41.2 Å². The van der Waals surface area contributed by atoms with Gasteiger partial charge in [-0.2, -0.15) is 9.97 Å². The molecule has 8 aromatic rings. The van der Waals surface area contributed by atoms with Gasteiger partial charge in [0.2, 0.25) is 17.7 Å². The molecule has 24 nitrogen and oxygen atoms in total. The number of ketones is 1. The molecule has 1 saturated heterocycles. The largest absolute Gasteiger partial charge is 0.462 e. The number of ether oxygens (including phenoxy) is 3. The summed E-state index contributed by atoms with van der Waals surface area (Å²) in [5.74, 6) is -1.89. The van der Waals surface area contributed by atoms with E-state index in [1.54, 1.807) is 18.5 Å². The molecule has 3 fully saturated rings. The van der Waals surface area contributed by atoms with E-state index in [4.69, 9.17) is 19.7 Å². The van der Waals surface area contributed by atoms with Crippen molar-refractivity contribution in [2.75, 3.05) is 57.3 Å². The minimum absolute atomic E-state index is 0.0498. The second-order valence-electron chi connectivity index (χ2n) is 22.1. The third kappa shape index (κ3) is 13.5. The van der Waals surface area contributed by atoms with Crippen LogP contribution in [0, 0.1) is 11.8 Å². The molecule has 25 heteroatoms. The van der Waals surface area contributed by atoms with Crippen LogP contribution >= 0.6 is 11.6 Å². The molecule has 2 aliphatic carbocycles. The lowest BCUT2D eigenvalue weighted by atomic mass is 9.87. The first-order chi connectivity index (χ1) is 41.7. The van der Waals surface area contributed by atoms with Gasteiger partial charge in [-0.15, -0.1) is 0 Å². The Kier molecular flexibility index (Phi) is 19.6. The summed E-state index contributed by atoms with van der Waals surface area (Å²) in [6.07, 6.45) is 23.8. The van der Waals surface area contributed by atoms with Crippen LogP contribution in [-0.4, -0.2) is 141 Å². The molecule has 0 atom stereocenters. The monoisotopic (exact) mass is 1190 g/mol. The van der Waals surface area contributed by atoms with Crippen molar-refractivity contribution in [2.24, 2.45) is 11.8 Å². The molecule has 3 N–H and O–H groups in total. The molecule has 13 rings (SSSR count). The van der Waals surface area contributed by atoms with Gasteiger partial charge in [0.25, 0.3) is 0 Å². The molecular weight excluding hydrogens is 1120 g/mol. The summed E-state index contributed by atoms with van der Waals surface area (Å²) >= 11 is 4.61. The number of hydrogen-bond donors (Lipinski definition) is 3. The summed E-state index contributed by atoms with van der Waals surface area (Å²) in [7, 11) is 2.24. The van der Waals surface area contributed by atoms with E-state index in [9.17, 15) is 33.9 Å². The van der Waals surface area contributed by atoms with Crippen molar-refractivity contribution >= 4 is 114 Å². The van der Waals surface area contributed by atoms with Crippen molar-refractivity contribution in [2.45, 2.75) is 116 Å². The number of carbonyl (C=O) groups excluding carboxylic acids is 6. The number of anilines is 4. The van der Waals surface area contributed by atoms with E-state index < -0.39 is 41.4 Å². The number of fused-ring (bicyclic) bond motifs is 8. The molecule has 8 aromatic heterocycles. The van der Waals surface area contributed by atoms with Crippen LogP contribution in [0.3, 0.4) is 0 Å². The maximum absolute atomic E-state index is 13.4. The summed E-state index contributed by atoms with van der Waals surface area (Å²) in [5, 5.41) is 19.2. The van der Waals surface area contributed by atoms with E-state index in [-0.39, 0.29) is 30.9 Å². The van der Waals surface area contributed by atoms with Gasteiger partial charge in [-0.25, -0.2) is 34.4 Å². The number of hydrogen-bond acceptors (Lipinski definition) is 20. The van der Waals surface area contributed by atoms with Crippen LogP contribution in [0.5, 0.6) is 0 Å². The quantitative estimate of drug-likeness (QED) is 0.0710. The standard InChI is InChI=1S/C30H31N7O6.C24H27N7.C4H8O.C3H3ClO3/c1-17-3-6-19(7-4-17)36-23-14-31-11-9-20(23)21-13-32-30(34-26(21)36)37(27(40)24(39)16-38)25-8-5-18-15-35(12-10-22(18)33-25)28(41)29(42)43-2;1-15-2-5-17(6-3-15)31-21-14-26-10-8-18(21)19-13-27-24(30-23(19)31)29-22-7-4-16-12-25-11-9-20(16)28-22;1-2-4-5-3-1;1-7-3(6)2(4)5/h5,8-9,11,13-14,17,19,38H,3-4,6-7,10,12,15-16H2,1-2H3;4,7-8,10,13-15,17,25H,2-3,5-6,9,11-12H2,1H3,(H,27,28,29,30);1-4H2;1H3. The van der Waals surface area contributed by atoms with E-state index in [1.807, 2.05) is 36.9 Å². The minimum Gasteiger partial charge on any atom is -0.462 e. The molecule has 3 aliphatic heterocycles. The van der Waals surface area contributed by atoms with Crippen molar-refractivity contribution in [1.29, 1.82) is 0 Å². The fraction of sp³-hybridized carbons (Fsp3) is 0.443. The van der Waals surface area contributed by atoms with Crippen LogP contribution in [0.4, 0.5) is 23.5 Å². The maximum Gasteiger partial charge on any atom is 0.396 e. The van der Waals surface area contributed by atoms with Crippen LogP contribution in [0.15, 0.2) is 73.6 Å². The Morgan fingerprint density at radius 3 is 1.86 bits per heavy atom. The smallest absolute Gasteiger partial charge is 0.396 e. The Balaban J connectivity index is 0.000000165. The molecule has 5 aliphatic rings. The molecular formula is C61H69ClN14O10. The van der Waals surface area contributed by atoms with E-state index in [0.717, 1.165) is 128 Å². The van der Waals surface area contributed by atoms with E-state index >= 15 is 0 Å². The molecule has 11 heterocycles. The number of esters is 2. The third-order valence-corrected chi connectivity index (χ3v) is 16.6. The van der Waals surface area contributed by atoms with Crippen LogP contribution < -0.4 is 15.5 Å². The van der Waals surface area contributed by atoms with Gasteiger partial charge in [0, 0.05) is 122 Å². The Labute approximate surface area is 500 Å². The third-order valence-electron chi connectivity index (χ3n) is 16.4. The maximum atomic E-state index is 13.4. The number of methoxy groups -OCH3 is 2. The molecule has 0 radical (unpaired) electrons. The Bertz CT molecular complexity index is 3810. The lowest BCUT2D eigenvalue weighted by Crippen LogP contribution is -2.41. The van der Waals surface area contributed by atoms with Crippen LogP contribution in [-0.2, 0) is 68.9 Å². The highest BCUT2D eigenvalue weighted by Gasteiger charge is 2.33. The molecule has 86 heavy (non-hydrogen) atoms. The Hall–Kier alpha value is -8.45. The fourth-order valence-electron chi connectivity index (χ4n) is 11.8. The fourth-order valence-corrected chi connectivity index (χ4v) is 11.8. The summed E-state index contributed by atoms with van der Waals surface area (Å²) < 4.78 is 18.0. The van der Waals surface area contributed by atoms with Gasteiger partial charge in [-0.05, 0) is 123 Å². The average molecular weight is 1190 g/mol. The van der Waals surface area contributed by atoms with Crippen molar-refractivity contribution in [3.8, 4) is 0 Å². The Morgan fingerprint density at radius 2 is 1.29 bits per heavy atom. The molecule has 0 spiro atoms. The number of halogens is 1. The predicted octanol–water partition coefficient (Wildman–Crippen LogP) is 7.65. The van der Waals surface area contributed by atoms with Gasteiger partial charge in [-0.3, -0.25) is 29.1 Å². The zero-order chi connectivity index (χ0) is 60.4. The highest BCUT2D eigenvalue weighted by Crippen LogP contribution is 2.41. The SMILES string of the molecule is C1CCOC1.CC1CCC(n2c3cnccc3c3cnc(Nc4ccc5c(n4)CCNC5)nc32)CC1.COC(=O)C(=O)Cl.COC(=O)C(=O)N1CCc2nc(N(C(=O)C(=O)CO)c3ncc4c5ccncc5n(C5CCC(C)CC5)c4n3)ccc2C1. The normalized spacial score (nSPS) is 18.9. The van der Waals surface area contributed by atoms with Crippen molar-refractivity contribution < 1.29 is 48.1 Å². The highest BCUT2D eigenvalue weighted by molar-refractivity contribution is 6.80. The summed E-state index contributed by atoms with van der Waals surface area (Å²) in [5.41, 5.74) is 7.39. The first-order valence-corrected chi connectivity index (χ1v) is 29.5. The summed E-state index contributed by atoms with van der Waals surface area (Å²) in [6.45, 7) is 7.84. The number of aliphatic hydroxyl groups is 1. The van der Waals surface area contributed by atoms with Crippen molar-refractivity contribution in [3.05, 3.63) is 96.1 Å². The van der Waals surface area contributed by atoms with E-state index in [1.165, 1.54) is 60.4 Å². The van der Waals surface area contributed by atoms with Crippen LogP contribution in [0.2, 0.25) is 0 Å². The Morgan fingerprint density at radius 1 is 0.698 bits per heavy atom. The van der Waals surface area contributed by atoms with Gasteiger partial charge in [-0.1, -0.05) is 26.0 Å². The molecule has 0 unspecified atom stereocenters. The van der Waals surface area contributed by atoms with Gasteiger partial charge in [0.1, 0.15) is 29.5 Å². The highest BCUT2D eigenvalue weighted by atomic mass is 35.5. The van der Waals surface area contributed by atoms with E-state index in [2.05, 4.69) is 91.7 Å². The molecule has 0 bridgehead atoms. The first kappa shape index (κ1) is 60.7. The number of carbonyl (C=O) groups is 6. The lowest BCUT2D eigenvalue weighted by Gasteiger charge is -2.29. The molecule has 2 amide bonds. The van der Waals surface area contributed by atoms with Gasteiger partial charge in [0.05, 0.1) is 37.6 Å². The number of Topliss-reactive ketones (excluding diaryl/α,β-unsaturated/α-hetero) is 1.